The van der Waals surface area contributed by atoms with Crippen LogP contribution in [0.2, 0.25) is 0 Å². The van der Waals surface area contributed by atoms with Crippen LogP contribution in [0, 0.1) is 0 Å². The Morgan fingerprint density at radius 1 is 1.37 bits per heavy atom. The number of carbonyl (C=O) groups excluding carboxylic acids is 1. The van der Waals surface area contributed by atoms with E-state index in [1.54, 1.807) is 35.1 Å². The lowest BCUT2D eigenvalue weighted by atomic mass is 10.2. The predicted molar refractivity (Wildman–Crippen MR) is 69.8 cm³/mol. The Morgan fingerprint density at radius 2 is 2.11 bits per heavy atom. The highest BCUT2D eigenvalue weighted by atomic mass is 16.5. The molecule has 0 bridgehead atoms. The summed E-state index contributed by atoms with van der Waals surface area (Å²) in [4.78, 5) is 11.6. The van der Waals surface area contributed by atoms with Crippen molar-refractivity contribution in [1.29, 1.82) is 0 Å². The predicted octanol–water partition coefficient (Wildman–Crippen LogP) is 1.29. The minimum Gasteiger partial charge on any atom is -0.462 e. The van der Waals surface area contributed by atoms with Crippen molar-refractivity contribution in [2.75, 3.05) is 6.61 Å². The van der Waals surface area contributed by atoms with Gasteiger partial charge in [0.25, 0.3) is 0 Å². The lowest BCUT2D eigenvalue weighted by molar-refractivity contribution is 0.0505. The van der Waals surface area contributed by atoms with Crippen LogP contribution >= 0.6 is 0 Å². The van der Waals surface area contributed by atoms with E-state index in [0.29, 0.717) is 18.7 Å². The fourth-order valence-electron chi connectivity index (χ4n) is 1.63. The van der Waals surface area contributed by atoms with Crippen LogP contribution in [-0.4, -0.2) is 27.6 Å². The Kier molecular flexibility index (Phi) is 4.25. The molecule has 2 aromatic rings. The lowest BCUT2D eigenvalue weighted by Gasteiger charge is -2.06. The van der Waals surface area contributed by atoms with Gasteiger partial charge in [0.05, 0.1) is 29.7 Å². The zero-order valence-electron chi connectivity index (χ0n) is 10.7. The first kappa shape index (κ1) is 13.2. The van der Waals surface area contributed by atoms with Crippen molar-refractivity contribution in [1.82, 2.24) is 15.0 Å². The van der Waals surface area contributed by atoms with Crippen LogP contribution in [0.15, 0.2) is 30.5 Å². The van der Waals surface area contributed by atoms with E-state index in [2.05, 4.69) is 10.3 Å². The average Bonchev–Trinajstić information content (AvgIpc) is 2.93. The van der Waals surface area contributed by atoms with Gasteiger partial charge in [-0.3, -0.25) is 0 Å². The molecule has 6 heteroatoms. The van der Waals surface area contributed by atoms with Gasteiger partial charge in [-0.05, 0) is 30.7 Å². The largest absolute Gasteiger partial charge is 0.462 e. The van der Waals surface area contributed by atoms with E-state index in [-0.39, 0.29) is 5.97 Å². The van der Waals surface area contributed by atoms with Crippen molar-refractivity contribution >= 4 is 5.97 Å². The highest BCUT2D eigenvalue weighted by molar-refractivity contribution is 5.89. The Balaban J connectivity index is 2.17. The second kappa shape index (κ2) is 6.10. The molecule has 1 aromatic carbocycles. The van der Waals surface area contributed by atoms with Gasteiger partial charge in [-0.1, -0.05) is 12.1 Å². The normalized spacial score (nSPS) is 10.4. The Morgan fingerprint density at radius 3 is 2.74 bits per heavy atom. The molecule has 6 nitrogen and oxygen atoms in total. The van der Waals surface area contributed by atoms with Gasteiger partial charge in [0.15, 0.2) is 0 Å². The first-order valence-electron chi connectivity index (χ1n) is 6.13. The number of rotatable bonds is 5. The molecule has 19 heavy (non-hydrogen) atoms. The summed E-state index contributed by atoms with van der Waals surface area (Å²) in [6.07, 6.45) is 2.42. The maximum absolute atomic E-state index is 11.6. The third-order valence-corrected chi connectivity index (χ3v) is 2.61. The summed E-state index contributed by atoms with van der Waals surface area (Å²) in [6.45, 7) is 2.74. The van der Waals surface area contributed by atoms with Crippen LogP contribution in [0.5, 0.6) is 0 Å². The molecule has 0 radical (unpaired) electrons. The molecule has 0 aliphatic rings. The summed E-state index contributed by atoms with van der Waals surface area (Å²) in [6, 6.07) is 6.98. The van der Waals surface area contributed by atoms with Gasteiger partial charge in [-0.2, -0.15) is 0 Å². The fraction of sp³-hybridized carbons (Fsp3) is 0.308. The van der Waals surface area contributed by atoms with E-state index in [1.165, 1.54) is 0 Å². The number of benzene rings is 1. The van der Waals surface area contributed by atoms with Crippen molar-refractivity contribution < 1.29 is 9.53 Å². The van der Waals surface area contributed by atoms with Gasteiger partial charge in [-0.25, -0.2) is 9.48 Å². The average molecular weight is 260 g/mol. The minimum absolute atomic E-state index is 0.314. The standard InChI is InChI=1S/C13H16N4O2/c1-2-7-19-13(18)10-3-5-11(6-4-10)17-12(8-14)9-15-16-17/h3-6,9H,2,7-8,14H2,1H3. The maximum atomic E-state index is 11.6. The van der Waals surface area contributed by atoms with Crippen LogP contribution in [0.25, 0.3) is 5.69 Å². The quantitative estimate of drug-likeness (QED) is 0.819. The Labute approximate surface area is 111 Å². The highest BCUT2D eigenvalue weighted by Crippen LogP contribution is 2.11. The monoisotopic (exact) mass is 260 g/mol. The first-order chi connectivity index (χ1) is 9.26. The molecule has 0 atom stereocenters. The van der Waals surface area contributed by atoms with Crippen LogP contribution in [-0.2, 0) is 11.3 Å². The summed E-state index contributed by atoms with van der Waals surface area (Å²) in [5.74, 6) is -0.314. The van der Waals surface area contributed by atoms with Gasteiger partial charge in [0.1, 0.15) is 0 Å². The molecule has 1 heterocycles. The summed E-state index contributed by atoms with van der Waals surface area (Å²) < 4.78 is 6.70. The fourth-order valence-corrected chi connectivity index (χ4v) is 1.63. The van der Waals surface area contributed by atoms with Gasteiger partial charge < -0.3 is 10.5 Å². The molecule has 0 unspecified atom stereocenters. The lowest BCUT2D eigenvalue weighted by Crippen LogP contribution is -2.08. The smallest absolute Gasteiger partial charge is 0.338 e. The Bertz CT molecular complexity index is 548. The van der Waals surface area contributed by atoms with E-state index in [1.807, 2.05) is 6.92 Å². The number of carbonyl (C=O) groups is 1. The second-order valence-electron chi connectivity index (χ2n) is 4.02. The van der Waals surface area contributed by atoms with Crippen molar-refractivity contribution in [2.24, 2.45) is 5.73 Å². The maximum Gasteiger partial charge on any atom is 0.338 e. The summed E-state index contributed by atoms with van der Waals surface area (Å²) in [5, 5.41) is 7.76. The van der Waals surface area contributed by atoms with Crippen LogP contribution in [0.1, 0.15) is 29.4 Å². The van der Waals surface area contributed by atoms with Gasteiger partial charge in [0.2, 0.25) is 0 Å². The molecule has 0 aliphatic heterocycles. The number of esters is 1. The molecule has 1 aromatic heterocycles. The summed E-state index contributed by atoms with van der Waals surface area (Å²) in [5.41, 5.74) is 7.73. The second-order valence-corrected chi connectivity index (χ2v) is 4.02. The molecule has 2 N–H and O–H groups in total. The van der Waals surface area contributed by atoms with Crippen LogP contribution in [0.3, 0.4) is 0 Å². The van der Waals surface area contributed by atoms with E-state index in [0.717, 1.165) is 17.8 Å². The van der Waals surface area contributed by atoms with E-state index in [9.17, 15) is 4.79 Å². The topological polar surface area (TPSA) is 83.0 Å². The SMILES string of the molecule is CCCOC(=O)c1ccc(-n2nncc2CN)cc1. The Hall–Kier alpha value is -2.21. The summed E-state index contributed by atoms with van der Waals surface area (Å²) >= 11 is 0. The number of nitrogens with two attached hydrogens (primary N) is 1. The molecular formula is C13H16N4O2. The zero-order valence-corrected chi connectivity index (χ0v) is 10.7. The molecule has 0 amide bonds. The zero-order chi connectivity index (χ0) is 13.7. The van der Waals surface area contributed by atoms with Crippen molar-refractivity contribution in [3.05, 3.63) is 41.7 Å². The van der Waals surface area contributed by atoms with Crippen LogP contribution in [0.4, 0.5) is 0 Å². The molecule has 0 saturated carbocycles. The number of hydrogen-bond donors (Lipinski definition) is 1. The van der Waals surface area contributed by atoms with E-state index >= 15 is 0 Å². The molecule has 0 fully saturated rings. The van der Waals surface area contributed by atoms with Gasteiger partial charge in [0, 0.05) is 6.54 Å². The van der Waals surface area contributed by atoms with Crippen LogP contribution < -0.4 is 5.73 Å². The van der Waals surface area contributed by atoms with Crippen molar-refractivity contribution in [2.45, 2.75) is 19.9 Å². The van der Waals surface area contributed by atoms with E-state index < -0.39 is 0 Å². The van der Waals surface area contributed by atoms with Gasteiger partial charge in [-0.15, -0.1) is 5.10 Å². The highest BCUT2D eigenvalue weighted by Gasteiger charge is 2.08. The molecule has 0 aliphatic carbocycles. The molecular weight excluding hydrogens is 244 g/mol. The third kappa shape index (κ3) is 2.97. The third-order valence-electron chi connectivity index (χ3n) is 2.61. The number of ether oxygens (including phenoxy) is 1. The molecule has 100 valence electrons. The molecule has 2 rings (SSSR count). The molecule has 0 saturated heterocycles. The van der Waals surface area contributed by atoms with Crippen molar-refractivity contribution in [3.63, 3.8) is 0 Å². The number of hydrogen-bond acceptors (Lipinski definition) is 5. The van der Waals surface area contributed by atoms with E-state index in [4.69, 9.17) is 10.5 Å². The van der Waals surface area contributed by atoms with Gasteiger partial charge >= 0.3 is 5.97 Å². The molecule has 0 spiro atoms. The minimum atomic E-state index is -0.314. The number of nitrogens with zero attached hydrogens (tertiary/aromatic N) is 3. The first-order valence-corrected chi connectivity index (χ1v) is 6.13. The number of aromatic nitrogens is 3. The van der Waals surface area contributed by atoms with Crippen molar-refractivity contribution in [3.8, 4) is 5.69 Å². The summed E-state index contributed by atoms with van der Waals surface area (Å²) in [7, 11) is 0.